The Morgan fingerprint density at radius 1 is 1.15 bits per heavy atom. The number of carbonyl (C=O) groups is 2. The predicted octanol–water partition coefficient (Wildman–Crippen LogP) is 1.35. The lowest BCUT2D eigenvalue weighted by Gasteiger charge is -2.43. The molecule has 148 valence electrons. The van der Waals surface area contributed by atoms with Crippen LogP contribution >= 0.6 is 0 Å². The lowest BCUT2D eigenvalue weighted by Crippen LogP contribution is -2.53. The molecule has 7 nitrogen and oxygen atoms in total. The van der Waals surface area contributed by atoms with Crippen molar-refractivity contribution in [3.05, 3.63) is 29.8 Å². The summed E-state index contributed by atoms with van der Waals surface area (Å²) in [6.45, 7) is 4.00. The quantitative estimate of drug-likeness (QED) is 0.669. The summed E-state index contributed by atoms with van der Waals surface area (Å²) in [5, 5.41) is 5.73. The number of hydrogen-bond donors (Lipinski definition) is 3. The third kappa shape index (κ3) is 4.86. The van der Waals surface area contributed by atoms with E-state index in [9.17, 15) is 9.59 Å². The van der Waals surface area contributed by atoms with Gasteiger partial charge in [0.1, 0.15) is 0 Å². The second-order valence-electron chi connectivity index (χ2n) is 7.35. The number of morpholine rings is 1. The van der Waals surface area contributed by atoms with Crippen LogP contribution < -0.4 is 16.4 Å². The molecule has 1 saturated carbocycles. The zero-order valence-electron chi connectivity index (χ0n) is 15.8. The van der Waals surface area contributed by atoms with E-state index in [1.165, 1.54) is 0 Å². The summed E-state index contributed by atoms with van der Waals surface area (Å²) < 4.78 is 5.48. The maximum absolute atomic E-state index is 12.9. The van der Waals surface area contributed by atoms with E-state index in [0.717, 1.165) is 52.0 Å². The lowest BCUT2D eigenvalue weighted by molar-refractivity contribution is -0.120. The van der Waals surface area contributed by atoms with E-state index in [4.69, 9.17) is 10.5 Å². The molecule has 27 heavy (non-hydrogen) atoms. The Morgan fingerprint density at radius 3 is 2.56 bits per heavy atom. The summed E-state index contributed by atoms with van der Waals surface area (Å²) >= 11 is 0. The van der Waals surface area contributed by atoms with Crippen molar-refractivity contribution in [3.63, 3.8) is 0 Å². The molecular formula is C20H30N4O3. The van der Waals surface area contributed by atoms with Crippen LogP contribution in [-0.2, 0) is 9.53 Å². The molecule has 1 aliphatic heterocycles. The molecule has 0 atom stereocenters. The highest BCUT2D eigenvalue weighted by atomic mass is 16.5. The molecule has 0 aromatic heterocycles. The first-order chi connectivity index (χ1) is 13.1. The molecule has 2 amide bonds. The molecule has 1 saturated heterocycles. The number of rotatable bonds is 7. The Morgan fingerprint density at radius 2 is 1.85 bits per heavy atom. The Kier molecular flexibility index (Phi) is 6.82. The van der Waals surface area contributed by atoms with Crippen molar-refractivity contribution in [2.45, 2.75) is 37.6 Å². The maximum Gasteiger partial charge on any atom is 0.253 e. The van der Waals surface area contributed by atoms with E-state index in [1.807, 2.05) is 6.07 Å². The number of hydrogen-bond acceptors (Lipinski definition) is 5. The number of para-hydroxylation sites is 1. The van der Waals surface area contributed by atoms with Gasteiger partial charge in [-0.1, -0.05) is 25.0 Å². The van der Waals surface area contributed by atoms with Gasteiger partial charge < -0.3 is 21.1 Å². The van der Waals surface area contributed by atoms with E-state index >= 15 is 0 Å². The van der Waals surface area contributed by atoms with Gasteiger partial charge in [-0.05, 0) is 25.0 Å². The molecule has 2 fully saturated rings. The number of anilines is 1. The fourth-order valence-corrected chi connectivity index (χ4v) is 4.24. The minimum atomic E-state index is -0.222. The second-order valence-corrected chi connectivity index (χ2v) is 7.35. The van der Waals surface area contributed by atoms with Gasteiger partial charge in [0.05, 0.1) is 24.5 Å². The monoisotopic (exact) mass is 374 g/mol. The molecule has 1 aliphatic carbocycles. The maximum atomic E-state index is 12.9. The van der Waals surface area contributed by atoms with E-state index < -0.39 is 0 Å². The van der Waals surface area contributed by atoms with E-state index in [0.29, 0.717) is 30.8 Å². The van der Waals surface area contributed by atoms with Gasteiger partial charge in [-0.3, -0.25) is 14.5 Å². The molecule has 0 radical (unpaired) electrons. The Balaban J connectivity index is 1.69. The third-order valence-electron chi connectivity index (χ3n) is 5.58. The largest absolute Gasteiger partial charge is 0.379 e. The molecule has 3 rings (SSSR count). The number of amides is 2. The number of ether oxygens (including phenoxy) is 1. The van der Waals surface area contributed by atoms with E-state index in [1.54, 1.807) is 18.2 Å². The molecule has 4 N–H and O–H groups in total. The Hall–Kier alpha value is -1.96. The molecule has 0 spiro atoms. The van der Waals surface area contributed by atoms with Gasteiger partial charge in [0.15, 0.2) is 0 Å². The first-order valence-electron chi connectivity index (χ1n) is 9.85. The summed E-state index contributed by atoms with van der Waals surface area (Å²) in [6, 6.07) is 7.10. The van der Waals surface area contributed by atoms with Crippen molar-refractivity contribution in [1.29, 1.82) is 0 Å². The van der Waals surface area contributed by atoms with Crippen LogP contribution in [0.4, 0.5) is 5.69 Å². The van der Waals surface area contributed by atoms with Crippen LogP contribution in [0.1, 0.15) is 42.5 Å². The van der Waals surface area contributed by atoms with Crippen molar-refractivity contribution in [1.82, 2.24) is 10.2 Å². The number of nitrogens with one attached hydrogen (secondary N) is 2. The molecule has 1 aromatic rings. The molecule has 1 heterocycles. The summed E-state index contributed by atoms with van der Waals surface area (Å²) in [5.41, 5.74) is 6.39. The topological polar surface area (TPSA) is 96.7 Å². The fraction of sp³-hybridized carbons (Fsp3) is 0.600. The van der Waals surface area contributed by atoms with Crippen LogP contribution in [0.5, 0.6) is 0 Å². The standard InChI is InChI=1S/C20H30N4O3/c21-9-10-22-19(26)16-5-1-2-6-17(16)23-18(25)15-20(7-3-4-8-20)24-11-13-27-14-12-24/h1-2,5-6H,3-4,7-15,21H2,(H,22,26)(H,23,25). The van der Waals surface area contributed by atoms with Crippen molar-refractivity contribution in [3.8, 4) is 0 Å². The fourth-order valence-electron chi connectivity index (χ4n) is 4.24. The van der Waals surface area contributed by atoms with Crippen LogP contribution in [0, 0.1) is 0 Å². The molecule has 0 bridgehead atoms. The molecule has 2 aliphatic rings. The van der Waals surface area contributed by atoms with Crippen molar-refractivity contribution < 1.29 is 14.3 Å². The number of nitrogens with zero attached hydrogens (tertiary/aromatic N) is 1. The second kappa shape index (κ2) is 9.30. The van der Waals surface area contributed by atoms with Gasteiger partial charge in [-0.2, -0.15) is 0 Å². The number of carbonyl (C=O) groups excluding carboxylic acids is 2. The molecule has 1 aromatic carbocycles. The SMILES string of the molecule is NCCNC(=O)c1ccccc1NC(=O)CC1(N2CCOCC2)CCCC1. The van der Waals surface area contributed by atoms with Crippen LogP contribution in [0.2, 0.25) is 0 Å². The smallest absolute Gasteiger partial charge is 0.253 e. The van der Waals surface area contributed by atoms with Crippen molar-refractivity contribution >= 4 is 17.5 Å². The van der Waals surface area contributed by atoms with Crippen LogP contribution in [0.25, 0.3) is 0 Å². The van der Waals surface area contributed by atoms with Gasteiger partial charge >= 0.3 is 0 Å². The van der Waals surface area contributed by atoms with Crippen molar-refractivity contribution in [2.75, 3.05) is 44.7 Å². The van der Waals surface area contributed by atoms with Crippen LogP contribution in [-0.4, -0.2) is 61.6 Å². The zero-order valence-corrected chi connectivity index (χ0v) is 15.8. The average Bonchev–Trinajstić information content (AvgIpc) is 3.16. The van der Waals surface area contributed by atoms with E-state index in [-0.39, 0.29) is 17.4 Å². The normalized spacial score (nSPS) is 19.6. The van der Waals surface area contributed by atoms with Crippen LogP contribution in [0.15, 0.2) is 24.3 Å². The molecule has 0 unspecified atom stereocenters. The summed E-state index contributed by atoms with van der Waals surface area (Å²) in [6.07, 6.45) is 4.84. The molecule has 7 heteroatoms. The molecular weight excluding hydrogens is 344 g/mol. The van der Waals surface area contributed by atoms with Gasteiger partial charge in [0.2, 0.25) is 5.91 Å². The third-order valence-corrected chi connectivity index (χ3v) is 5.58. The Labute approximate surface area is 160 Å². The summed E-state index contributed by atoms with van der Waals surface area (Å²) in [4.78, 5) is 27.6. The Bertz CT molecular complexity index is 652. The zero-order chi connectivity index (χ0) is 19.1. The predicted molar refractivity (Wildman–Crippen MR) is 105 cm³/mol. The highest BCUT2D eigenvalue weighted by Gasteiger charge is 2.41. The average molecular weight is 374 g/mol. The van der Waals surface area contributed by atoms with Crippen LogP contribution in [0.3, 0.4) is 0 Å². The highest BCUT2D eigenvalue weighted by Crippen LogP contribution is 2.38. The summed E-state index contributed by atoms with van der Waals surface area (Å²) in [7, 11) is 0. The lowest BCUT2D eigenvalue weighted by atomic mass is 9.90. The first-order valence-corrected chi connectivity index (χ1v) is 9.85. The van der Waals surface area contributed by atoms with Crippen molar-refractivity contribution in [2.24, 2.45) is 5.73 Å². The minimum Gasteiger partial charge on any atom is -0.379 e. The van der Waals surface area contributed by atoms with Gasteiger partial charge in [0, 0.05) is 38.1 Å². The van der Waals surface area contributed by atoms with Gasteiger partial charge in [0.25, 0.3) is 5.91 Å². The van der Waals surface area contributed by atoms with Gasteiger partial charge in [-0.15, -0.1) is 0 Å². The van der Waals surface area contributed by atoms with E-state index in [2.05, 4.69) is 15.5 Å². The minimum absolute atomic E-state index is 0.0394. The summed E-state index contributed by atoms with van der Waals surface area (Å²) in [5.74, 6) is -0.262. The highest BCUT2D eigenvalue weighted by molar-refractivity contribution is 6.03. The van der Waals surface area contributed by atoms with Gasteiger partial charge in [-0.25, -0.2) is 0 Å². The number of nitrogens with two attached hydrogens (primary N) is 1. The first kappa shape index (κ1) is 19.8. The number of benzene rings is 1.